The molecule has 1 aromatic heterocycles. The number of likely N-dealkylation sites (tertiary alicyclic amines) is 1. The summed E-state index contributed by atoms with van der Waals surface area (Å²) in [5.74, 6) is -0.944. The lowest BCUT2D eigenvalue weighted by Crippen LogP contribution is -2.46. The maximum atomic E-state index is 14.6. The van der Waals surface area contributed by atoms with Crippen molar-refractivity contribution >= 4 is 18.0 Å². The first-order chi connectivity index (χ1) is 17.5. The van der Waals surface area contributed by atoms with Crippen molar-refractivity contribution in [3.8, 4) is 0 Å². The number of benzene rings is 1. The summed E-state index contributed by atoms with van der Waals surface area (Å²) in [5.41, 5.74) is 6.39. The van der Waals surface area contributed by atoms with Crippen molar-refractivity contribution in [1.82, 2.24) is 15.1 Å². The molecule has 1 aliphatic heterocycles. The van der Waals surface area contributed by atoms with Crippen LogP contribution in [0.3, 0.4) is 0 Å². The van der Waals surface area contributed by atoms with Gasteiger partial charge in [-0.05, 0) is 58.1 Å². The van der Waals surface area contributed by atoms with Gasteiger partial charge in [-0.1, -0.05) is 38.6 Å². The van der Waals surface area contributed by atoms with Crippen LogP contribution in [0.5, 0.6) is 0 Å². The van der Waals surface area contributed by atoms with Crippen LogP contribution < -0.4 is 21.5 Å². The zero-order valence-corrected chi connectivity index (χ0v) is 22.1. The summed E-state index contributed by atoms with van der Waals surface area (Å²) >= 11 is 0. The molecule has 0 saturated carbocycles. The summed E-state index contributed by atoms with van der Waals surface area (Å²) in [6.07, 6.45) is 3.85. The average molecular weight is 520 g/mol. The number of allylic oxidation sites excluding steroid dienone is 1. The minimum atomic E-state index is -4.77. The summed E-state index contributed by atoms with van der Waals surface area (Å²) in [6, 6.07) is 3.35. The molecule has 5 nitrogen and oxygen atoms in total. The van der Waals surface area contributed by atoms with Gasteiger partial charge < -0.3 is 16.0 Å². The Morgan fingerprint density at radius 3 is 2.62 bits per heavy atom. The van der Waals surface area contributed by atoms with E-state index < -0.39 is 17.6 Å². The van der Waals surface area contributed by atoms with Gasteiger partial charge in [0.2, 0.25) is 0 Å². The van der Waals surface area contributed by atoms with Crippen LogP contribution in [-0.4, -0.2) is 33.2 Å². The van der Waals surface area contributed by atoms with E-state index in [2.05, 4.69) is 40.8 Å². The van der Waals surface area contributed by atoms with Crippen molar-refractivity contribution in [3.05, 3.63) is 63.6 Å². The van der Waals surface area contributed by atoms with Crippen molar-refractivity contribution in [2.75, 3.05) is 11.9 Å². The molecule has 2 heterocycles. The number of alkyl halides is 3. The molecular formula is C28H37F4N5. The molecule has 3 rings (SSSR count). The Morgan fingerprint density at radius 2 is 2.00 bits per heavy atom. The Bertz CT molecular complexity index is 1240. The van der Waals surface area contributed by atoms with E-state index >= 15 is 0 Å². The van der Waals surface area contributed by atoms with Crippen LogP contribution in [0.15, 0.2) is 30.5 Å². The summed E-state index contributed by atoms with van der Waals surface area (Å²) in [5, 5.41) is 13.0. The molecule has 1 aliphatic rings. The van der Waals surface area contributed by atoms with E-state index in [1.54, 1.807) is 0 Å². The normalized spacial score (nSPS) is 20.0. The van der Waals surface area contributed by atoms with Gasteiger partial charge in [0, 0.05) is 46.4 Å². The molecule has 3 N–H and O–H groups in total. The molecule has 0 radical (unpaired) electrons. The summed E-state index contributed by atoms with van der Waals surface area (Å²) in [4.78, 5) is 2.33. The van der Waals surface area contributed by atoms with Crippen LogP contribution in [0, 0.1) is 12.7 Å². The standard InChI is InChI=1S/C28H37F4N5/c1-6-21(33)16-27(8-3)13-10-14-37(27)18(4)15-23-22(7-2)19(5)35-36-26(23)34-17-20-11-9-12-24(25(20)29)28(30,31)32/h7,9,11-12,15,21H,4,6,8,10,13-14,16-17,33H2,1-3,5H3,(H,34,36)/b22-7-,23-15+. The lowest BCUT2D eigenvalue weighted by Gasteiger charge is -2.41. The van der Waals surface area contributed by atoms with Crippen molar-refractivity contribution < 1.29 is 17.6 Å². The van der Waals surface area contributed by atoms with Gasteiger partial charge in [-0.15, -0.1) is 5.10 Å². The third kappa shape index (κ3) is 6.14. The van der Waals surface area contributed by atoms with Crippen LogP contribution in [0.25, 0.3) is 12.2 Å². The van der Waals surface area contributed by atoms with Gasteiger partial charge in [-0.3, -0.25) is 0 Å². The molecule has 1 saturated heterocycles. The van der Waals surface area contributed by atoms with E-state index in [9.17, 15) is 17.6 Å². The first kappa shape index (κ1) is 28.6. The number of nitrogens with one attached hydrogen (secondary N) is 1. The summed E-state index contributed by atoms with van der Waals surface area (Å²) in [7, 11) is 0. The van der Waals surface area contributed by atoms with E-state index in [0.717, 1.165) is 55.6 Å². The number of nitrogens with two attached hydrogens (primary N) is 1. The number of aryl methyl sites for hydroxylation is 1. The molecule has 2 aromatic rings. The molecule has 9 heteroatoms. The third-order valence-electron chi connectivity index (χ3n) is 7.43. The van der Waals surface area contributed by atoms with Crippen LogP contribution in [0.4, 0.5) is 23.4 Å². The highest BCUT2D eigenvalue weighted by atomic mass is 19.4. The van der Waals surface area contributed by atoms with Crippen molar-refractivity contribution in [1.29, 1.82) is 0 Å². The number of aromatic nitrogens is 2. The smallest absolute Gasteiger partial charge is 0.366 e. The van der Waals surface area contributed by atoms with E-state index in [1.807, 2.05) is 26.0 Å². The number of nitrogens with zero attached hydrogens (tertiary/aromatic N) is 3. The molecule has 2 unspecified atom stereocenters. The quantitative estimate of drug-likeness (QED) is 0.456. The van der Waals surface area contributed by atoms with Gasteiger partial charge in [0.15, 0.2) is 5.82 Å². The lowest BCUT2D eigenvalue weighted by molar-refractivity contribution is -0.140. The Balaban J connectivity index is 2.01. The SMILES string of the molecule is C=C(/C=c1/c(NCc2cccc(C(F)(F)F)c2F)nnc(C)/c1=C/C)N1CCCC1(CC)CC(N)CC. The van der Waals surface area contributed by atoms with Crippen LogP contribution in [0.2, 0.25) is 0 Å². The van der Waals surface area contributed by atoms with E-state index in [-0.39, 0.29) is 23.7 Å². The van der Waals surface area contributed by atoms with Crippen molar-refractivity contribution in [2.45, 2.75) is 84.1 Å². The van der Waals surface area contributed by atoms with Gasteiger partial charge in [-0.2, -0.15) is 18.3 Å². The molecule has 0 amide bonds. The molecule has 202 valence electrons. The van der Waals surface area contributed by atoms with Gasteiger partial charge in [0.25, 0.3) is 0 Å². The Hall–Kier alpha value is -2.94. The predicted molar refractivity (Wildman–Crippen MR) is 140 cm³/mol. The molecular weight excluding hydrogens is 482 g/mol. The highest BCUT2D eigenvalue weighted by Crippen LogP contribution is 2.39. The van der Waals surface area contributed by atoms with Crippen LogP contribution in [-0.2, 0) is 12.7 Å². The zero-order chi connectivity index (χ0) is 27.4. The van der Waals surface area contributed by atoms with E-state index in [0.29, 0.717) is 16.7 Å². The van der Waals surface area contributed by atoms with Gasteiger partial charge in [-0.25, -0.2) is 4.39 Å². The largest absolute Gasteiger partial charge is 0.419 e. The lowest BCUT2D eigenvalue weighted by atomic mass is 9.85. The maximum Gasteiger partial charge on any atom is 0.419 e. The molecule has 37 heavy (non-hydrogen) atoms. The molecule has 1 fully saturated rings. The second kappa shape index (κ2) is 11.6. The number of rotatable bonds is 9. The van der Waals surface area contributed by atoms with Crippen LogP contribution in [0.1, 0.15) is 69.7 Å². The molecule has 0 spiro atoms. The topological polar surface area (TPSA) is 67.1 Å². The summed E-state index contributed by atoms with van der Waals surface area (Å²) < 4.78 is 54.1. The molecule has 0 bridgehead atoms. The molecule has 2 atom stereocenters. The Morgan fingerprint density at radius 1 is 1.27 bits per heavy atom. The Kier molecular flexibility index (Phi) is 9.00. The average Bonchev–Trinajstić information content (AvgIpc) is 3.27. The minimum absolute atomic E-state index is 0.0800. The highest BCUT2D eigenvalue weighted by Gasteiger charge is 2.40. The first-order valence-electron chi connectivity index (χ1n) is 12.8. The van der Waals surface area contributed by atoms with E-state index in [1.165, 1.54) is 12.1 Å². The highest BCUT2D eigenvalue weighted by molar-refractivity contribution is 5.54. The third-order valence-corrected chi connectivity index (χ3v) is 7.43. The molecule has 1 aromatic carbocycles. The zero-order valence-electron chi connectivity index (χ0n) is 22.1. The predicted octanol–water partition coefficient (Wildman–Crippen LogP) is 5.02. The number of halogens is 4. The van der Waals surface area contributed by atoms with Gasteiger partial charge >= 0.3 is 6.18 Å². The minimum Gasteiger partial charge on any atom is -0.366 e. The van der Waals surface area contributed by atoms with Crippen LogP contribution >= 0.6 is 0 Å². The maximum absolute atomic E-state index is 14.6. The second-order valence-electron chi connectivity index (χ2n) is 9.72. The van der Waals surface area contributed by atoms with Gasteiger partial charge in [0.05, 0.1) is 11.3 Å². The summed E-state index contributed by atoms with van der Waals surface area (Å²) in [6.45, 7) is 13.0. The first-order valence-corrected chi connectivity index (χ1v) is 12.8. The number of hydrogen-bond donors (Lipinski definition) is 2. The molecule has 0 aliphatic carbocycles. The fraction of sp³-hybridized carbons (Fsp3) is 0.500. The monoisotopic (exact) mass is 519 g/mol. The van der Waals surface area contributed by atoms with E-state index in [4.69, 9.17) is 5.73 Å². The Labute approximate surface area is 216 Å². The fourth-order valence-electron chi connectivity index (χ4n) is 5.30. The number of anilines is 1. The number of hydrogen-bond acceptors (Lipinski definition) is 5. The second-order valence-corrected chi connectivity index (χ2v) is 9.72. The van der Waals surface area contributed by atoms with Gasteiger partial charge in [0.1, 0.15) is 5.82 Å². The van der Waals surface area contributed by atoms with Crippen molar-refractivity contribution in [3.63, 3.8) is 0 Å². The fourth-order valence-corrected chi connectivity index (χ4v) is 5.30. The van der Waals surface area contributed by atoms with Crippen molar-refractivity contribution in [2.24, 2.45) is 5.73 Å².